The van der Waals surface area contributed by atoms with Crippen LogP contribution in [-0.2, 0) is 9.53 Å². The zero-order chi connectivity index (χ0) is 18.1. The molecule has 2 unspecified atom stereocenters. The summed E-state index contributed by atoms with van der Waals surface area (Å²) in [6.45, 7) is 2.88. The molecule has 10 heteroatoms. The lowest BCUT2D eigenvalue weighted by atomic mass is 10.4. The Morgan fingerprint density at radius 3 is 2.58 bits per heavy atom. The van der Waals surface area contributed by atoms with Gasteiger partial charge in [0.05, 0.1) is 33.9 Å². The van der Waals surface area contributed by atoms with Gasteiger partial charge in [-0.25, -0.2) is 4.98 Å². The Bertz CT molecular complexity index is 737. The van der Waals surface area contributed by atoms with Gasteiger partial charge in [0.15, 0.2) is 11.2 Å². The van der Waals surface area contributed by atoms with Gasteiger partial charge in [0.2, 0.25) is 18.3 Å². The number of aliphatic hydroxyl groups is 2. The number of amides is 1. The number of aromatic nitrogens is 4. The van der Waals surface area contributed by atoms with Crippen LogP contribution in [0, 0.1) is 0 Å². The summed E-state index contributed by atoms with van der Waals surface area (Å²) in [6, 6.07) is 0. The minimum Gasteiger partial charge on any atom is -0.391 e. The van der Waals surface area contributed by atoms with Crippen LogP contribution < -0.4 is 9.80 Å². The number of fused-ring (bicyclic) bond motifs is 1. The van der Waals surface area contributed by atoms with E-state index in [-0.39, 0.29) is 18.5 Å². The Balaban J connectivity index is 2.54. The van der Waals surface area contributed by atoms with Gasteiger partial charge in [-0.3, -0.25) is 19.2 Å². The van der Waals surface area contributed by atoms with Crippen molar-refractivity contribution < 1.29 is 19.7 Å². The average molecular weight is 339 g/mol. The van der Waals surface area contributed by atoms with Gasteiger partial charge in [-0.05, 0) is 6.92 Å². The van der Waals surface area contributed by atoms with E-state index in [0.717, 1.165) is 0 Å². The summed E-state index contributed by atoms with van der Waals surface area (Å²) < 4.78 is 6.90. The first-order chi connectivity index (χ1) is 11.1. The molecule has 10 nitrogen and oxygen atoms in total. The third kappa shape index (κ3) is 4.03. The molecule has 24 heavy (non-hydrogen) atoms. The Kier molecular flexibility index (Phi) is 5.13. The predicted octanol–water partition coefficient (Wildman–Crippen LogP) is -0.173. The van der Waals surface area contributed by atoms with Crippen molar-refractivity contribution in [2.75, 3.05) is 33.1 Å². The summed E-state index contributed by atoms with van der Waals surface area (Å²) in [5, 5.41) is 22.0. The molecule has 0 aromatic carbocycles. The minimum absolute atomic E-state index is 0.0363. The van der Waals surface area contributed by atoms with E-state index in [4.69, 9.17) is 4.74 Å². The molecule has 2 atom stereocenters. The molecule has 3 N–H and O–H groups in total. The fraction of sp³-hybridized carbons (Fsp3) is 0.571. The van der Waals surface area contributed by atoms with Crippen LogP contribution in [0.2, 0.25) is 0 Å². The summed E-state index contributed by atoms with van der Waals surface area (Å²) in [5.41, 5.74) is 0.797. The van der Waals surface area contributed by atoms with Gasteiger partial charge in [0.25, 0.3) is 5.82 Å². The first-order valence-corrected chi connectivity index (χ1v) is 7.41. The van der Waals surface area contributed by atoms with Crippen molar-refractivity contribution in [3.63, 3.8) is 0 Å². The zero-order valence-electron chi connectivity index (χ0n) is 14.4. The Hall–Kier alpha value is -2.14. The number of nitrogens with one attached hydrogen (secondary N) is 1. The van der Waals surface area contributed by atoms with Gasteiger partial charge in [0.1, 0.15) is 6.33 Å². The molecule has 0 radical (unpaired) electrons. The number of aliphatic hydroxyl groups excluding tert-OH is 2. The van der Waals surface area contributed by atoms with Crippen molar-refractivity contribution in [2.24, 2.45) is 0 Å². The van der Waals surface area contributed by atoms with Gasteiger partial charge in [-0.2, -0.15) is 9.97 Å². The number of hydrogen-bond acceptors (Lipinski definition) is 7. The van der Waals surface area contributed by atoms with Crippen molar-refractivity contribution in [2.45, 2.75) is 26.4 Å². The molecule has 0 bridgehead atoms. The molecule has 0 aliphatic rings. The van der Waals surface area contributed by atoms with Gasteiger partial charge in [-0.1, -0.05) is 0 Å². The van der Waals surface area contributed by atoms with E-state index in [0.29, 0.717) is 21.5 Å². The van der Waals surface area contributed by atoms with Gasteiger partial charge < -0.3 is 14.9 Å². The van der Waals surface area contributed by atoms with Crippen LogP contribution in [0.15, 0.2) is 6.33 Å². The van der Waals surface area contributed by atoms with Crippen molar-refractivity contribution >= 4 is 28.8 Å². The molecule has 132 valence electrons. The fourth-order valence-corrected chi connectivity index (χ4v) is 2.08. The van der Waals surface area contributed by atoms with Crippen LogP contribution in [0.1, 0.15) is 20.3 Å². The van der Waals surface area contributed by atoms with E-state index in [1.165, 1.54) is 17.8 Å². The van der Waals surface area contributed by atoms with Crippen LogP contribution in [0.5, 0.6) is 0 Å². The highest BCUT2D eigenvalue weighted by atomic mass is 16.6. The number of carbonyl (C=O) groups is 1. The highest BCUT2D eigenvalue weighted by molar-refractivity contribution is 5.90. The summed E-state index contributed by atoms with van der Waals surface area (Å²) in [6.07, 6.45) is -0.678. The highest BCUT2D eigenvalue weighted by Gasteiger charge is 2.27. The maximum atomic E-state index is 11.3. The van der Waals surface area contributed by atoms with Crippen molar-refractivity contribution in [1.82, 2.24) is 24.0 Å². The Morgan fingerprint density at radius 1 is 1.38 bits per heavy atom. The lowest BCUT2D eigenvalue weighted by Crippen LogP contribution is -2.37. The van der Waals surface area contributed by atoms with Crippen LogP contribution in [-0.4, -0.2) is 69.5 Å². The molecule has 2 heterocycles. The molecule has 2 aromatic heterocycles. The van der Waals surface area contributed by atoms with Gasteiger partial charge in [-0.15, -0.1) is 0 Å². The summed E-state index contributed by atoms with van der Waals surface area (Å²) in [4.78, 5) is 24.0. The standard InChI is InChI=1S/C14H22N6O4/c1-8(21)6-24-14(23)19-7-15-11-10(19)12(20(3,4)5)18-13(17-11)16-9(2)22/h7-8,14,21,23H,6H2,1-5H3/p+1. The number of hydrogen-bond donors (Lipinski definition) is 3. The molecule has 2 rings (SSSR count). The molecule has 1 amide bonds. The zero-order valence-corrected chi connectivity index (χ0v) is 14.4. The third-order valence-electron chi connectivity index (χ3n) is 3.06. The molecule has 2 aromatic rings. The second-order valence-electron chi connectivity index (χ2n) is 6.40. The second kappa shape index (κ2) is 6.77. The molecule has 0 spiro atoms. The molecular weight excluding hydrogens is 316 g/mol. The normalized spacial score (nSPS) is 14.6. The van der Waals surface area contributed by atoms with E-state index >= 15 is 0 Å². The quantitative estimate of drug-likeness (QED) is 0.493. The largest absolute Gasteiger partial charge is 0.391 e. The van der Waals surface area contributed by atoms with Crippen molar-refractivity contribution in [1.29, 1.82) is 0 Å². The smallest absolute Gasteiger partial charge is 0.258 e. The third-order valence-corrected chi connectivity index (χ3v) is 3.06. The monoisotopic (exact) mass is 339 g/mol. The van der Waals surface area contributed by atoms with E-state index in [9.17, 15) is 15.0 Å². The Labute approximate surface area is 139 Å². The van der Waals surface area contributed by atoms with E-state index < -0.39 is 12.5 Å². The van der Waals surface area contributed by atoms with Crippen molar-refractivity contribution in [3.8, 4) is 0 Å². The number of quaternary nitrogens is 1. The molecular formula is C14H23N6O4+. The Morgan fingerprint density at radius 2 is 2.04 bits per heavy atom. The van der Waals surface area contributed by atoms with Gasteiger partial charge >= 0.3 is 0 Å². The van der Waals surface area contributed by atoms with E-state index in [2.05, 4.69) is 20.3 Å². The van der Waals surface area contributed by atoms with Crippen molar-refractivity contribution in [3.05, 3.63) is 6.33 Å². The average Bonchev–Trinajstić information content (AvgIpc) is 2.85. The molecule has 0 fully saturated rings. The number of carbonyl (C=O) groups excluding carboxylic acids is 1. The maximum Gasteiger partial charge on any atom is 0.258 e. The molecule has 0 aliphatic heterocycles. The fourth-order valence-electron chi connectivity index (χ4n) is 2.08. The first kappa shape index (κ1) is 18.2. The molecule has 0 aliphatic carbocycles. The van der Waals surface area contributed by atoms with Crippen LogP contribution in [0.3, 0.4) is 0 Å². The van der Waals surface area contributed by atoms with Crippen LogP contribution in [0.25, 0.3) is 11.2 Å². The maximum absolute atomic E-state index is 11.3. The molecule has 0 saturated heterocycles. The number of ether oxygens (including phenoxy) is 1. The number of imidazole rings is 1. The summed E-state index contributed by atoms with van der Waals surface area (Å²) in [7, 11) is 5.67. The highest BCUT2D eigenvalue weighted by Crippen LogP contribution is 2.28. The minimum atomic E-state index is -1.34. The lowest BCUT2D eigenvalue weighted by Gasteiger charge is -2.24. The predicted molar refractivity (Wildman–Crippen MR) is 88.1 cm³/mol. The van der Waals surface area contributed by atoms with Gasteiger partial charge in [0, 0.05) is 6.92 Å². The SMILES string of the molecule is CC(=O)Nc1nc([N+](C)(C)C)c2c(ncn2C(O)OCC(C)O)n1. The topological polar surface area (TPSA) is 122 Å². The summed E-state index contributed by atoms with van der Waals surface area (Å²) in [5.74, 6) is 0.394. The van der Waals surface area contributed by atoms with E-state index in [1.807, 2.05) is 21.1 Å². The molecule has 0 saturated carbocycles. The summed E-state index contributed by atoms with van der Waals surface area (Å²) >= 11 is 0. The van der Waals surface area contributed by atoms with Crippen LogP contribution >= 0.6 is 0 Å². The first-order valence-electron chi connectivity index (χ1n) is 7.41. The van der Waals surface area contributed by atoms with Crippen LogP contribution in [0.4, 0.5) is 11.8 Å². The number of nitrogens with zero attached hydrogens (tertiary/aromatic N) is 5. The number of rotatable bonds is 6. The van der Waals surface area contributed by atoms with E-state index in [1.54, 1.807) is 6.92 Å². The number of anilines is 1. The lowest BCUT2D eigenvalue weighted by molar-refractivity contribution is -0.165. The second-order valence-corrected chi connectivity index (χ2v) is 6.40.